The van der Waals surface area contributed by atoms with Gasteiger partial charge in [0.15, 0.2) is 5.11 Å². The third-order valence-corrected chi connectivity index (χ3v) is 3.03. The number of nitrogens with one attached hydrogen (secondary N) is 1. The number of hydrogen-bond acceptors (Lipinski definition) is 3. The van der Waals surface area contributed by atoms with Crippen LogP contribution in [-0.2, 0) is 0 Å². The van der Waals surface area contributed by atoms with E-state index >= 15 is 0 Å². The van der Waals surface area contributed by atoms with Gasteiger partial charge < -0.3 is 10.6 Å². The molecule has 5 nitrogen and oxygen atoms in total. The lowest BCUT2D eigenvalue weighted by atomic mass is 10.1. The second kappa shape index (κ2) is 6.29. The minimum atomic E-state index is 0.0993. The van der Waals surface area contributed by atoms with Crippen LogP contribution in [0.4, 0.5) is 0 Å². The van der Waals surface area contributed by atoms with Crippen LogP contribution in [-0.4, -0.2) is 35.2 Å². The highest BCUT2D eigenvalue weighted by Crippen LogP contribution is 2.13. The first-order chi connectivity index (χ1) is 9.16. The maximum Gasteiger partial charge on any atom is 0.253 e. The molecule has 1 fully saturated rings. The number of likely N-dealkylation sites (tertiary alicyclic amines) is 1. The molecular weight excluding hydrogens is 260 g/mol. The summed E-state index contributed by atoms with van der Waals surface area (Å²) in [5, 5.41) is 3.98. The summed E-state index contributed by atoms with van der Waals surface area (Å²) in [6.07, 6.45) is 3.80. The van der Waals surface area contributed by atoms with E-state index in [1.54, 1.807) is 6.21 Å². The second-order valence-corrected chi connectivity index (χ2v) is 4.80. The number of amides is 1. The van der Waals surface area contributed by atoms with Gasteiger partial charge in [-0.25, -0.2) is 0 Å². The van der Waals surface area contributed by atoms with E-state index in [9.17, 15) is 4.79 Å². The first kappa shape index (κ1) is 13.5. The van der Waals surface area contributed by atoms with E-state index in [1.165, 1.54) is 0 Å². The van der Waals surface area contributed by atoms with Crippen LogP contribution in [0, 0.1) is 0 Å². The quantitative estimate of drug-likeness (QED) is 0.492. The van der Waals surface area contributed by atoms with E-state index in [0.717, 1.165) is 31.5 Å². The van der Waals surface area contributed by atoms with Crippen molar-refractivity contribution >= 4 is 29.5 Å². The molecule has 0 unspecified atom stereocenters. The predicted octanol–water partition coefficient (Wildman–Crippen LogP) is 1.09. The van der Waals surface area contributed by atoms with Crippen LogP contribution >= 0.6 is 12.2 Å². The Morgan fingerprint density at radius 3 is 2.53 bits per heavy atom. The van der Waals surface area contributed by atoms with E-state index in [1.807, 2.05) is 29.2 Å². The number of carbonyl (C=O) groups excluding carboxylic acids is 1. The predicted molar refractivity (Wildman–Crippen MR) is 79.1 cm³/mol. The molecule has 1 heterocycles. The molecule has 0 atom stereocenters. The molecule has 2 rings (SSSR count). The molecule has 0 bridgehead atoms. The summed E-state index contributed by atoms with van der Waals surface area (Å²) in [5.74, 6) is 0.0993. The molecule has 1 aromatic rings. The van der Waals surface area contributed by atoms with Gasteiger partial charge in [-0.2, -0.15) is 5.10 Å². The number of benzene rings is 1. The third kappa shape index (κ3) is 3.75. The maximum absolute atomic E-state index is 12.1. The number of hydrogen-bond donors (Lipinski definition) is 2. The topological polar surface area (TPSA) is 70.7 Å². The molecule has 1 aliphatic rings. The molecule has 0 aliphatic carbocycles. The number of hydrazone groups is 1. The van der Waals surface area contributed by atoms with Crippen molar-refractivity contribution < 1.29 is 4.79 Å². The van der Waals surface area contributed by atoms with Crippen LogP contribution in [0.2, 0.25) is 0 Å². The average molecular weight is 276 g/mol. The summed E-state index contributed by atoms with van der Waals surface area (Å²) in [6.45, 7) is 1.72. The van der Waals surface area contributed by atoms with Gasteiger partial charge in [-0.05, 0) is 42.8 Å². The molecule has 0 aromatic heterocycles. The van der Waals surface area contributed by atoms with Crippen molar-refractivity contribution in [2.75, 3.05) is 13.1 Å². The molecule has 1 saturated heterocycles. The molecule has 6 heteroatoms. The fourth-order valence-corrected chi connectivity index (χ4v) is 2.04. The highest BCUT2D eigenvalue weighted by molar-refractivity contribution is 7.80. The molecule has 1 amide bonds. The Balaban J connectivity index is 1.99. The van der Waals surface area contributed by atoms with E-state index in [0.29, 0.717) is 5.56 Å². The molecule has 1 aliphatic heterocycles. The molecule has 19 heavy (non-hydrogen) atoms. The Morgan fingerprint density at radius 2 is 1.95 bits per heavy atom. The van der Waals surface area contributed by atoms with Gasteiger partial charge in [0.05, 0.1) is 6.21 Å². The molecule has 100 valence electrons. The minimum absolute atomic E-state index is 0.0993. The van der Waals surface area contributed by atoms with Crippen LogP contribution < -0.4 is 11.2 Å². The SMILES string of the molecule is NC(=S)NN=Cc1ccc(C(=O)N2CCCC2)cc1. The Morgan fingerprint density at radius 1 is 1.32 bits per heavy atom. The summed E-state index contributed by atoms with van der Waals surface area (Å²) < 4.78 is 0. The van der Waals surface area contributed by atoms with E-state index in [2.05, 4.69) is 22.7 Å². The Hall–Kier alpha value is -1.95. The van der Waals surface area contributed by atoms with Crippen molar-refractivity contribution in [1.29, 1.82) is 0 Å². The smallest absolute Gasteiger partial charge is 0.253 e. The van der Waals surface area contributed by atoms with Gasteiger partial charge in [-0.15, -0.1) is 0 Å². The Kier molecular flexibility index (Phi) is 4.46. The van der Waals surface area contributed by atoms with Gasteiger partial charge in [0.2, 0.25) is 0 Å². The van der Waals surface area contributed by atoms with Crippen molar-refractivity contribution in [2.24, 2.45) is 10.8 Å². The van der Waals surface area contributed by atoms with E-state index in [-0.39, 0.29) is 11.0 Å². The third-order valence-electron chi connectivity index (χ3n) is 2.94. The lowest BCUT2D eigenvalue weighted by Gasteiger charge is -2.14. The first-order valence-electron chi connectivity index (χ1n) is 6.14. The van der Waals surface area contributed by atoms with E-state index in [4.69, 9.17) is 5.73 Å². The molecule has 3 N–H and O–H groups in total. The van der Waals surface area contributed by atoms with Crippen molar-refractivity contribution in [3.05, 3.63) is 35.4 Å². The molecule has 0 radical (unpaired) electrons. The van der Waals surface area contributed by atoms with Crippen LogP contribution in [0.5, 0.6) is 0 Å². The van der Waals surface area contributed by atoms with Crippen LogP contribution in [0.1, 0.15) is 28.8 Å². The second-order valence-electron chi connectivity index (χ2n) is 4.36. The van der Waals surface area contributed by atoms with Gasteiger partial charge >= 0.3 is 0 Å². The van der Waals surface area contributed by atoms with Gasteiger partial charge in [-0.1, -0.05) is 12.1 Å². The van der Waals surface area contributed by atoms with E-state index < -0.39 is 0 Å². The zero-order chi connectivity index (χ0) is 13.7. The number of thiocarbonyl (C=S) groups is 1. The average Bonchev–Trinajstić information content (AvgIpc) is 2.92. The molecule has 1 aromatic carbocycles. The van der Waals surface area contributed by atoms with Gasteiger partial charge in [0, 0.05) is 18.7 Å². The fraction of sp³-hybridized carbons (Fsp3) is 0.308. The van der Waals surface area contributed by atoms with Crippen LogP contribution in [0.15, 0.2) is 29.4 Å². The van der Waals surface area contributed by atoms with Crippen LogP contribution in [0.3, 0.4) is 0 Å². The van der Waals surface area contributed by atoms with Crippen molar-refractivity contribution in [3.8, 4) is 0 Å². The molecule has 0 saturated carbocycles. The van der Waals surface area contributed by atoms with Crippen molar-refractivity contribution in [1.82, 2.24) is 10.3 Å². The Bertz CT molecular complexity index is 492. The number of rotatable bonds is 3. The summed E-state index contributed by atoms with van der Waals surface area (Å²) >= 11 is 4.63. The Labute approximate surface area is 117 Å². The van der Waals surface area contributed by atoms with Crippen LogP contribution in [0.25, 0.3) is 0 Å². The standard InChI is InChI=1S/C13H16N4OS/c14-13(19)16-15-9-10-3-5-11(6-4-10)12(18)17-7-1-2-8-17/h3-6,9H,1-2,7-8H2,(H3,14,16,19). The van der Waals surface area contributed by atoms with Crippen molar-refractivity contribution in [2.45, 2.75) is 12.8 Å². The first-order valence-corrected chi connectivity index (χ1v) is 6.55. The van der Waals surface area contributed by atoms with Gasteiger partial charge in [-0.3, -0.25) is 10.2 Å². The zero-order valence-electron chi connectivity index (χ0n) is 10.5. The monoisotopic (exact) mass is 276 g/mol. The molecule has 0 spiro atoms. The molecular formula is C13H16N4OS. The lowest BCUT2D eigenvalue weighted by Crippen LogP contribution is -2.27. The number of carbonyl (C=O) groups is 1. The van der Waals surface area contributed by atoms with Crippen molar-refractivity contribution in [3.63, 3.8) is 0 Å². The largest absolute Gasteiger partial charge is 0.375 e. The van der Waals surface area contributed by atoms with Gasteiger partial charge in [0.1, 0.15) is 0 Å². The summed E-state index contributed by atoms with van der Waals surface area (Å²) in [7, 11) is 0. The summed E-state index contributed by atoms with van der Waals surface area (Å²) in [5.41, 5.74) is 9.31. The normalized spacial score (nSPS) is 14.8. The number of nitrogens with zero attached hydrogens (tertiary/aromatic N) is 2. The summed E-state index contributed by atoms with van der Waals surface area (Å²) in [6, 6.07) is 7.30. The highest BCUT2D eigenvalue weighted by Gasteiger charge is 2.18. The zero-order valence-corrected chi connectivity index (χ0v) is 11.3. The number of nitrogens with two attached hydrogens (primary N) is 1. The fourth-order valence-electron chi connectivity index (χ4n) is 1.98. The maximum atomic E-state index is 12.1. The summed E-state index contributed by atoms with van der Waals surface area (Å²) in [4.78, 5) is 14.0. The van der Waals surface area contributed by atoms with Gasteiger partial charge in [0.25, 0.3) is 5.91 Å². The minimum Gasteiger partial charge on any atom is -0.375 e. The highest BCUT2D eigenvalue weighted by atomic mass is 32.1. The lowest BCUT2D eigenvalue weighted by molar-refractivity contribution is 0.0793.